The van der Waals surface area contributed by atoms with Crippen molar-refractivity contribution in [2.75, 3.05) is 0 Å². The molecular formula is C24H22N2O6. The number of hydrogen-bond donors (Lipinski definition) is 2. The molecule has 0 bridgehead atoms. The third-order valence-electron chi connectivity index (χ3n) is 5.61. The maximum atomic E-state index is 13.0. The Morgan fingerprint density at radius 1 is 1.09 bits per heavy atom. The van der Waals surface area contributed by atoms with Gasteiger partial charge in [-0.2, -0.15) is 0 Å². The molecule has 2 aliphatic rings. The minimum Gasteiger partial charge on any atom is -0.488 e. The average Bonchev–Trinajstić information content (AvgIpc) is 3.30. The third-order valence-corrected chi connectivity index (χ3v) is 5.61. The van der Waals surface area contributed by atoms with Crippen LogP contribution >= 0.6 is 0 Å². The Morgan fingerprint density at radius 3 is 2.59 bits per heavy atom. The summed E-state index contributed by atoms with van der Waals surface area (Å²) in [4.78, 5) is 50.0. The third kappa shape index (κ3) is 4.39. The van der Waals surface area contributed by atoms with Crippen LogP contribution in [0.1, 0.15) is 47.2 Å². The summed E-state index contributed by atoms with van der Waals surface area (Å²) in [7, 11) is 0. The van der Waals surface area contributed by atoms with Crippen molar-refractivity contribution in [3.05, 3.63) is 70.8 Å². The standard InChI is InChI=1S/C24H22N2O6/c27-21-19(22(28)26(24(31)25-21)18-9-2-3-10-18)13-16-7-1-4-11-20(16)32-14-15-6-5-8-17(12-15)23(29)30/h1,4-8,11-13,18H,2-3,9-10,14H2,(H,29,30)(H,25,27,31)/b19-13+. The van der Waals surface area contributed by atoms with E-state index in [4.69, 9.17) is 9.84 Å². The predicted octanol–water partition coefficient (Wildman–Crippen LogP) is 3.37. The summed E-state index contributed by atoms with van der Waals surface area (Å²) in [6.45, 7) is 0.105. The van der Waals surface area contributed by atoms with Crippen molar-refractivity contribution in [3.8, 4) is 5.75 Å². The molecule has 8 heteroatoms. The minimum atomic E-state index is -1.03. The van der Waals surface area contributed by atoms with Crippen LogP contribution in [0.4, 0.5) is 4.79 Å². The van der Waals surface area contributed by atoms with E-state index in [-0.39, 0.29) is 23.8 Å². The molecular weight excluding hydrogens is 412 g/mol. The molecule has 164 valence electrons. The molecule has 1 saturated carbocycles. The van der Waals surface area contributed by atoms with Crippen LogP contribution in [0.25, 0.3) is 6.08 Å². The molecule has 1 aliphatic heterocycles. The molecule has 0 aromatic heterocycles. The van der Waals surface area contributed by atoms with Gasteiger partial charge in [0.25, 0.3) is 11.8 Å². The molecule has 1 saturated heterocycles. The van der Waals surface area contributed by atoms with Gasteiger partial charge in [0.15, 0.2) is 0 Å². The van der Waals surface area contributed by atoms with Gasteiger partial charge < -0.3 is 9.84 Å². The quantitative estimate of drug-likeness (QED) is 0.532. The molecule has 0 spiro atoms. The highest BCUT2D eigenvalue weighted by molar-refractivity contribution is 6.31. The van der Waals surface area contributed by atoms with E-state index in [1.54, 1.807) is 36.4 Å². The summed E-state index contributed by atoms with van der Waals surface area (Å²) in [6.07, 6.45) is 4.77. The van der Waals surface area contributed by atoms with Crippen LogP contribution in [0.3, 0.4) is 0 Å². The van der Waals surface area contributed by atoms with Crippen molar-refractivity contribution in [2.45, 2.75) is 38.3 Å². The van der Waals surface area contributed by atoms with Gasteiger partial charge in [0.2, 0.25) is 0 Å². The lowest BCUT2D eigenvalue weighted by Crippen LogP contribution is -2.57. The zero-order valence-corrected chi connectivity index (χ0v) is 17.2. The Morgan fingerprint density at radius 2 is 1.84 bits per heavy atom. The molecule has 0 atom stereocenters. The van der Waals surface area contributed by atoms with Gasteiger partial charge in [-0.25, -0.2) is 9.59 Å². The molecule has 4 amide bonds. The van der Waals surface area contributed by atoms with Crippen LogP contribution in [0, 0.1) is 0 Å². The summed E-state index contributed by atoms with van der Waals surface area (Å²) < 4.78 is 5.86. The Labute approximate surface area is 184 Å². The lowest BCUT2D eigenvalue weighted by molar-refractivity contribution is -0.131. The average molecular weight is 434 g/mol. The van der Waals surface area contributed by atoms with Gasteiger partial charge in [-0.1, -0.05) is 43.2 Å². The second-order valence-electron chi connectivity index (χ2n) is 7.76. The highest BCUT2D eigenvalue weighted by Gasteiger charge is 2.40. The predicted molar refractivity (Wildman–Crippen MR) is 115 cm³/mol. The van der Waals surface area contributed by atoms with Gasteiger partial charge in [0.1, 0.15) is 17.9 Å². The number of carboxylic acid groups (broad SMARTS) is 1. The fraction of sp³-hybridized carbons (Fsp3) is 0.250. The number of nitrogens with zero attached hydrogens (tertiary/aromatic N) is 1. The first-order valence-corrected chi connectivity index (χ1v) is 10.4. The van der Waals surface area contributed by atoms with E-state index in [0.29, 0.717) is 16.9 Å². The summed E-state index contributed by atoms with van der Waals surface area (Å²) in [5, 5.41) is 11.4. The topological polar surface area (TPSA) is 113 Å². The maximum Gasteiger partial charge on any atom is 0.335 e. The Balaban J connectivity index is 1.58. The van der Waals surface area contributed by atoms with Crippen molar-refractivity contribution >= 4 is 29.9 Å². The largest absolute Gasteiger partial charge is 0.488 e. The molecule has 1 aliphatic carbocycles. The van der Waals surface area contributed by atoms with Crippen molar-refractivity contribution in [2.24, 2.45) is 0 Å². The number of ether oxygens (including phenoxy) is 1. The molecule has 2 fully saturated rings. The van der Waals surface area contributed by atoms with Gasteiger partial charge in [-0.15, -0.1) is 0 Å². The molecule has 2 N–H and O–H groups in total. The number of aromatic carboxylic acids is 1. The maximum absolute atomic E-state index is 13.0. The molecule has 1 heterocycles. The van der Waals surface area contributed by atoms with Crippen LogP contribution in [-0.2, 0) is 16.2 Å². The first-order chi connectivity index (χ1) is 15.4. The van der Waals surface area contributed by atoms with Gasteiger partial charge in [-0.3, -0.25) is 19.8 Å². The lowest BCUT2D eigenvalue weighted by atomic mass is 10.0. The lowest BCUT2D eigenvalue weighted by Gasteiger charge is -2.31. The zero-order valence-electron chi connectivity index (χ0n) is 17.2. The van der Waals surface area contributed by atoms with Crippen molar-refractivity contribution < 1.29 is 29.0 Å². The molecule has 8 nitrogen and oxygen atoms in total. The molecule has 32 heavy (non-hydrogen) atoms. The van der Waals surface area contributed by atoms with Gasteiger partial charge in [0.05, 0.1) is 5.56 Å². The van der Waals surface area contributed by atoms with E-state index in [9.17, 15) is 19.2 Å². The number of imide groups is 2. The second-order valence-corrected chi connectivity index (χ2v) is 7.76. The van der Waals surface area contributed by atoms with Crippen molar-refractivity contribution in [1.82, 2.24) is 10.2 Å². The van der Waals surface area contributed by atoms with Crippen LogP contribution < -0.4 is 10.1 Å². The number of para-hydroxylation sites is 1. The molecule has 2 aromatic rings. The van der Waals surface area contributed by atoms with Crippen molar-refractivity contribution in [3.63, 3.8) is 0 Å². The van der Waals surface area contributed by atoms with E-state index in [1.165, 1.54) is 18.2 Å². The highest BCUT2D eigenvalue weighted by Crippen LogP contribution is 2.28. The number of amides is 4. The number of hydrogen-bond acceptors (Lipinski definition) is 5. The van der Waals surface area contributed by atoms with Gasteiger partial charge in [-0.05, 0) is 42.7 Å². The van der Waals surface area contributed by atoms with E-state index in [1.807, 2.05) is 0 Å². The Hall–Kier alpha value is -3.94. The number of barbiturate groups is 1. The number of urea groups is 1. The summed E-state index contributed by atoms with van der Waals surface area (Å²) in [6, 6.07) is 12.4. The zero-order chi connectivity index (χ0) is 22.7. The molecule has 0 radical (unpaired) electrons. The Kier molecular flexibility index (Phi) is 6.02. The molecule has 2 aromatic carbocycles. The number of benzene rings is 2. The van der Waals surface area contributed by atoms with Crippen molar-refractivity contribution in [1.29, 1.82) is 0 Å². The fourth-order valence-electron chi connectivity index (χ4n) is 4.01. The van der Waals surface area contributed by atoms with Gasteiger partial charge in [0, 0.05) is 11.6 Å². The van der Waals surface area contributed by atoms with Crippen LogP contribution in [0.15, 0.2) is 54.1 Å². The fourth-order valence-corrected chi connectivity index (χ4v) is 4.01. The number of carbonyl (C=O) groups excluding carboxylic acids is 3. The smallest absolute Gasteiger partial charge is 0.335 e. The first kappa shape index (κ1) is 21.3. The number of carboxylic acids is 1. The van der Waals surface area contributed by atoms with Crippen LogP contribution in [0.5, 0.6) is 5.75 Å². The van der Waals surface area contributed by atoms with E-state index in [0.717, 1.165) is 30.6 Å². The number of nitrogens with one attached hydrogen (secondary N) is 1. The molecule has 4 rings (SSSR count). The normalized spacial score (nSPS) is 18.2. The van der Waals surface area contributed by atoms with E-state index in [2.05, 4.69) is 5.32 Å². The summed E-state index contributed by atoms with van der Waals surface area (Å²) in [5.74, 6) is -1.95. The number of rotatable bonds is 6. The van der Waals surface area contributed by atoms with E-state index < -0.39 is 23.8 Å². The monoisotopic (exact) mass is 434 g/mol. The second kappa shape index (κ2) is 9.05. The first-order valence-electron chi connectivity index (χ1n) is 10.4. The highest BCUT2D eigenvalue weighted by atomic mass is 16.5. The van der Waals surface area contributed by atoms with Crippen LogP contribution in [0.2, 0.25) is 0 Å². The minimum absolute atomic E-state index is 0.105. The summed E-state index contributed by atoms with van der Waals surface area (Å²) >= 11 is 0. The van der Waals surface area contributed by atoms with E-state index >= 15 is 0 Å². The van der Waals surface area contributed by atoms with Gasteiger partial charge >= 0.3 is 12.0 Å². The van der Waals surface area contributed by atoms with Crippen LogP contribution in [-0.4, -0.2) is 39.9 Å². The number of carbonyl (C=O) groups is 4. The SMILES string of the molecule is O=C1NC(=O)N(C2CCCC2)C(=O)/C1=C/c1ccccc1OCc1cccc(C(=O)O)c1. The summed E-state index contributed by atoms with van der Waals surface area (Å²) in [5.41, 5.74) is 1.20. The molecule has 0 unspecified atom stereocenters. The Bertz CT molecular complexity index is 1120.